The van der Waals surface area contributed by atoms with E-state index in [1.165, 1.54) is 12.1 Å². The van der Waals surface area contributed by atoms with Crippen LogP contribution < -0.4 is 5.32 Å². The minimum Gasteiger partial charge on any atom is -0.342 e. The van der Waals surface area contributed by atoms with Gasteiger partial charge in [-0.05, 0) is 19.1 Å². The molecule has 2 heterocycles. The van der Waals surface area contributed by atoms with Crippen molar-refractivity contribution in [3.05, 3.63) is 24.0 Å². The van der Waals surface area contributed by atoms with Gasteiger partial charge in [0.15, 0.2) is 0 Å². The Bertz CT molecular complexity index is 755. The third-order valence-corrected chi connectivity index (χ3v) is 4.04. The van der Waals surface area contributed by atoms with Crippen LogP contribution in [0.15, 0.2) is 18.2 Å². The molecule has 0 aliphatic carbocycles. The fourth-order valence-corrected chi connectivity index (χ4v) is 2.75. The quantitative estimate of drug-likeness (QED) is 0.935. The smallest absolute Gasteiger partial charge is 0.232 e. The molecule has 1 aromatic heterocycles. The number of carbonyl (C=O) groups excluding carboxylic acids is 2. The fourth-order valence-electron chi connectivity index (χ4n) is 2.75. The molecular formula is C15H17FN4O2. The fraction of sp³-hybridized carbons (Fsp3) is 0.400. The Hall–Kier alpha value is -2.44. The predicted octanol–water partition coefficient (Wildman–Crippen LogP) is 1.52. The van der Waals surface area contributed by atoms with Gasteiger partial charge in [-0.25, -0.2) is 9.37 Å². The summed E-state index contributed by atoms with van der Waals surface area (Å²) in [6.07, 6.45) is 0.220. The number of fused-ring (bicyclic) bond motifs is 1. The lowest BCUT2D eigenvalue weighted by Crippen LogP contribution is -2.28. The van der Waals surface area contributed by atoms with E-state index in [9.17, 15) is 14.0 Å². The minimum atomic E-state index is -0.372. The molecule has 1 atom stereocenters. The summed E-state index contributed by atoms with van der Waals surface area (Å²) in [7, 11) is 1.75. The summed E-state index contributed by atoms with van der Waals surface area (Å²) < 4.78 is 14.9. The Morgan fingerprint density at radius 1 is 1.50 bits per heavy atom. The SMILES string of the molecule is CCN1C[C@H](C(=O)Nc2nc3cc(F)ccc3n2C)CC1=O. The first-order valence-corrected chi connectivity index (χ1v) is 7.20. The zero-order valence-corrected chi connectivity index (χ0v) is 12.5. The molecule has 3 rings (SSSR count). The number of aromatic nitrogens is 2. The van der Waals surface area contributed by atoms with Crippen molar-refractivity contribution in [1.82, 2.24) is 14.5 Å². The molecule has 0 bridgehead atoms. The van der Waals surface area contributed by atoms with Gasteiger partial charge in [0.25, 0.3) is 0 Å². The van der Waals surface area contributed by atoms with Gasteiger partial charge in [0.2, 0.25) is 17.8 Å². The first kappa shape index (κ1) is 14.5. The second-order valence-corrected chi connectivity index (χ2v) is 5.45. The topological polar surface area (TPSA) is 67.2 Å². The lowest BCUT2D eigenvalue weighted by Gasteiger charge is -2.13. The van der Waals surface area contributed by atoms with Crippen molar-refractivity contribution in [3.8, 4) is 0 Å². The lowest BCUT2D eigenvalue weighted by atomic mass is 10.1. The summed E-state index contributed by atoms with van der Waals surface area (Å²) in [5.41, 5.74) is 1.21. The van der Waals surface area contributed by atoms with Crippen molar-refractivity contribution in [2.24, 2.45) is 13.0 Å². The molecule has 116 valence electrons. The molecule has 22 heavy (non-hydrogen) atoms. The van der Waals surface area contributed by atoms with Gasteiger partial charge in [-0.3, -0.25) is 14.9 Å². The Morgan fingerprint density at radius 3 is 2.95 bits per heavy atom. The van der Waals surface area contributed by atoms with Gasteiger partial charge in [0.1, 0.15) is 5.82 Å². The number of nitrogens with zero attached hydrogens (tertiary/aromatic N) is 3. The number of hydrogen-bond donors (Lipinski definition) is 1. The number of likely N-dealkylation sites (tertiary alicyclic amines) is 1. The summed E-state index contributed by atoms with van der Waals surface area (Å²) in [5, 5.41) is 2.74. The normalized spacial score (nSPS) is 18.2. The van der Waals surface area contributed by atoms with Crippen LogP contribution in [-0.4, -0.2) is 39.4 Å². The predicted molar refractivity (Wildman–Crippen MR) is 79.7 cm³/mol. The summed E-state index contributed by atoms with van der Waals surface area (Å²) in [6.45, 7) is 2.92. The monoisotopic (exact) mass is 304 g/mol. The molecular weight excluding hydrogens is 287 g/mol. The Labute approximate surface area is 126 Å². The Kier molecular flexibility index (Phi) is 3.56. The zero-order valence-electron chi connectivity index (χ0n) is 12.5. The van der Waals surface area contributed by atoms with E-state index in [-0.39, 0.29) is 30.0 Å². The average molecular weight is 304 g/mol. The standard InChI is InChI=1S/C15H17FN4O2/c1-3-20-8-9(6-13(20)21)14(22)18-15-17-11-7-10(16)4-5-12(11)19(15)2/h4-5,7,9H,3,6,8H2,1-2H3,(H,17,18,22)/t9-/m1/s1. The van der Waals surface area contributed by atoms with Crippen molar-refractivity contribution >= 4 is 28.8 Å². The van der Waals surface area contributed by atoms with Crippen molar-refractivity contribution < 1.29 is 14.0 Å². The first-order valence-electron chi connectivity index (χ1n) is 7.20. The number of aryl methyl sites for hydroxylation is 1. The maximum absolute atomic E-state index is 13.2. The highest BCUT2D eigenvalue weighted by molar-refractivity contribution is 5.97. The molecule has 1 N–H and O–H groups in total. The third-order valence-electron chi connectivity index (χ3n) is 4.04. The highest BCUT2D eigenvalue weighted by Gasteiger charge is 2.33. The molecule has 2 amide bonds. The molecule has 1 aliphatic rings. The van der Waals surface area contributed by atoms with Crippen LogP contribution in [0.4, 0.5) is 10.3 Å². The molecule has 2 aromatic rings. The summed E-state index contributed by atoms with van der Waals surface area (Å²) in [4.78, 5) is 29.9. The van der Waals surface area contributed by atoms with Crippen LogP contribution in [0.1, 0.15) is 13.3 Å². The van der Waals surface area contributed by atoms with Crippen LogP contribution in [0.3, 0.4) is 0 Å². The molecule has 0 saturated carbocycles. The second-order valence-electron chi connectivity index (χ2n) is 5.45. The number of halogens is 1. The van der Waals surface area contributed by atoms with Gasteiger partial charge in [0.05, 0.1) is 17.0 Å². The number of hydrogen-bond acceptors (Lipinski definition) is 3. The van der Waals surface area contributed by atoms with Gasteiger partial charge in [-0.2, -0.15) is 0 Å². The number of nitrogens with one attached hydrogen (secondary N) is 1. The highest BCUT2D eigenvalue weighted by Crippen LogP contribution is 2.22. The molecule has 1 aromatic carbocycles. The van der Waals surface area contributed by atoms with Gasteiger partial charge in [-0.15, -0.1) is 0 Å². The maximum atomic E-state index is 13.2. The molecule has 1 fully saturated rings. The van der Waals surface area contributed by atoms with E-state index in [0.717, 1.165) is 5.52 Å². The van der Waals surface area contributed by atoms with Gasteiger partial charge >= 0.3 is 0 Å². The largest absolute Gasteiger partial charge is 0.342 e. The molecule has 1 aliphatic heterocycles. The van der Waals surface area contributed by atoms with Crippen LogP contribution in [0.5, 0.6) is 0 Å². The highest BCUT2D eigenvalue weighted by atomic mass is 19.1. The van der Waals surface area contributed by atoms with E-state index >= 15 is 0 Å². The number of imidazole rings is 1. The third kappa shape index (κ3) is 2.43. The van der Waals surface area contributed by atoms with Crippen LogP contribution in [0.2, 0.25) is 0 Å². The Balaban J connectivity index is 1.80. The van der Waals surface area contributed by atoms with E-state index in [1.54, 1.807) is 22.6 Å². The van der Waals surface area contributed by atoms with Crippen molar-refractivity contribution in [1.29, 1.82) is 0 Å². The number of carbonyl (C=O) groups is 2. The van der Waals surface area contributed by atoms with E-state index in [0.29, 0.717) is 24.6 Å². The number of rotatable bonds is 3. The van der Waals surface area contributed by atoms with Crippen molar-refractivity contribution in [2.75, 3.05) is 18.4 Å². The van der Waals surface area contributed by atoms with Crippen LogP contribution in [-0.2, 0) is 16.6 Å². The van der Waals surface area contributed by atoms with E-state index in [1.807, 2.05) is 6.92 Å². The van der Waals surface area contributed by atoms with Crippen LogP contribution in [0.25, 0.3) is 11.0 Å². The summed E-state index contributed by atoms with van der Waals surface area (Å²) >= 11 is 0. The zero-order chi connectivity index (χ0) is 15.9. The van der Waals surface area contributed by atoms with E-state index in [2.05, 4.69) is 10.3 Å². The Morgan fingerprint density at radius 2 is 2.27 bits per heavy atom. The van der Waals surface area contributed by atoms with Crippen LogP contribution >= 0.6 is 0 Å². The summed E-state index contributed by atoms with van der Waals surface area (Å²) in [5.74, 6) is -0.627. The molecule has 1 saturated heterocycles. The van der Waals surface area contributed by atoms with Gasteiger partial charge < -0.3 is 9.47 Å². The molecule has 0 radical (unpaired) electrons. The minimum absolute atomic E-state index is 0.00489. The lowest BCUT2D eigenvalue weighted by molar-refractivity contribution is -0.128. The number of anilines is 1. The van der Waals surface area contributed by atoms with E-state index < -0.39 is 0 Å². The molecule has 0 unspecified atom stereocenters. The first-order chi connectivity index (χ1) is 10.5. The van der Waals surface area contributed by atoms with E-state index in [4.69, 9.17) is 0 Å². The van der Waals surface area contributed by atoms with Crippen LogP contribution in [0, 0.1) is 11.7 Å². The molecule has 0 spiro atoms. The van der Waals surface area contributed by atoms with Gasteiger partial charge in [0, 0.05) is 32.6 Å². The number of benzene rings is 1. The maximum Gasteiger partial charge on any atom is 0.232 e. The molecule has 6 nitrogen and oxygen atoms in total. The number of amides is 2. The summed E-state index contributed by atoms with van der Waals surface area (Å²) in [6, 6.07) is 4.29. The van der Waals surface area contributed by atoms with Crippen molar-refractivity contribution in [3.63, 3.8) is 0 Å². The second kappa shape index (κ2) is 5.40. The van der Waals surface area contributed by atoms with Crippen molar-refractivity contribution in [2.45, 2.75) is 13.3 Å². The van der Waals surface area contributed by atoms with Gasteiger partial charge in [-0.1, -0.05) is 0 Å². The average Bonchev–Trinajstić information content (AvgIpc) is 3.00. The molecule has 7 heteroatoms.